The highest BCUT2D eigenvalue weighted by molar-refractivity contribution is 5.26. The number of hydrogen-bond donors (Lipinski definition) is 0. The van der Waals surface area contributed by atoms with E-state index in [0.29, 0.717) is 5.92 Å². The molecule has 0 spiro atoms. The number of ether oxygens (including phenoxy) is 1. The highest BCUT2D eigenvalue weighted by atomic mass is 16.5. The molecule has 2 aromatic rings. The zero-order valence-corrected chi connectivity index (χ0v) is 13.7. The molecule has 4 rings (SSSR count). The van der Waals surface area contributed by atoms with Crippen LogP contribution < -0.4 is 0 Å². The maximum Gasteiger partial charge on any atom is 0.0557 e. The molecule has 122 valence electrons. The summed E-state index contributed by atoms with van der Waals surface area (Å²) in [6, 6.07) is 4.19. The van der Waals surface area contributed by atoms with Crippen molar-refractivity contribution in [3.63, 3.8) is 0 Å². The summed E-state index contributed by atoms with van der Waals surface area (Å²) < 4.78 is 8.00. The number of rotatable bonds is 6. The molecule has 0 radical (unpaired) electrons. The van der Waals surface area contributed by atoms with E-state index in [1.165, 1.54) is 29.7 Å². The quantitative estimate of drug-likeness (QED) is 0.821. The summed E-state index contributed by atoms with van der Waals surface area (Å²) in [6.45, 7) is 4.67. The Bertz CT molecular complexity index is 650. The van der Waals surface area contributed by atoms with Crippen molar-refractivity contribution in [2.75, 3.05) is 19.8 Å². The Labute approximate surface area is 137 Å². The molecule has 23 heavy (non-hydrogen) atoms. The molecular weight excluding hydrogens is 288 g/mol. The maximum atomic E-state index is 5.99. The second-order valence-corrected chi connectivity index (χ2v) is 6.87. The number of aromatic nitrogens is 3. The molecule has 2 aliphatic rings. The molecule has 1 aliphatic heterocycles. The van der Waals surface area contributed by atoms with Gasteiger partial charge in [0, 0.05) is 57.2 Å². The lowest BCUT2D eigenvalue weighted by atomic mass is 9.95. The minimum absolute atomic E-state index is 0.424. The van der Waals surface area contributed by atoms with Gasteiger partial charge in [-0.2, -0.15) is 5.10 Å². The van der Waals surface area contributed by atoms with E-state index in [0.717, 1.165) is 38.8 Å². The van der Waals surface area contributed by atoms with E-state index in [4.69, 9.17) is 4.74 Å². The zero-order chi connectivity index (χ0) is 15.6. The third kappa shape index (κ3) is 3.46. The Kier molecular flexibility index (Phi) is 4.14. The molecule has 1 saturated carbocycles. The summed E-state index contributed by atoms with van der Waals surface area (Å²) >= 11 is 0. The lowest BCUT2D eigenvalue weighted by Gasteiger charge is -2.33. The van der Waals surface area contributed by atoms with Gasteiger partial charge in [-0.1, -0.05) is 0 Å². The number of aryl methyl sites for hydroxylation is 1. The van der Waals surface area contributed by atoms with Crippen molar-refractivity contribution in [2.45, 2.75) is 31.8 Å². The Morgan fingerprint density at radius 2 is 2.04 bits per heavy atom. The molecule has 0 bridgehead atoms. The highest BCUT2D eigenvalue weighted by Gasteiger charge is 2.29. The van der Waals surface area contributed by atoms with Crippen molar-refractivity contribution in [1.29, 1.82) is 0 Å². The van der Waals surface area contributed by atoms with Crippen LogP contribution in [0.2, 0.25) is 0 Å². The molecular formula is C18H24N4O. The van der Waals surface area contributed by atoms with E-state index in [1.807, 2.05) is 30.3 Å². The minimum atomic E-state index is 0.424. The van der Waals surface area contributed by atoms with Crippen LogP contribution in [0, 0.1) is 5.92 Å². The van der Waals surface area contributed by atoms with Crippen LogP contribution in [0.1, 0.15) is 35.6 Å². The van der Waals surface area contributed by atoms with Gasteiger partial charge in [0.05, 0.1) is 18.5 Å². The van der Waals surface area contributed by atoms with E-state index < -0.39 is 0 Å². The van der Waals surface area contributed by atoms with Crippen molar-refractivity contribution in [2.24, 2.45) is 13.0 Å². The van der Waals surface area contributed by atoms with Crippen LogP contribution >= 0.6 is 0 Å². The largest absolute Gasteiger partial charge is 0.380 e. The zero-order valence-electron chi connectivity index (χ0n) is 13.7. The fraction of sp³-hybridized carbons (Fsp3) is 0.556. The number of nitrogens with zero attached hydrogens (tertiary/aromatic N) is 4. The third-order valence-corrected chi connectivity index (χ3v) is 4.91. The molecule has 5 nitrogen and oxygen atoms in total. The van der Waals surface area contributed by atoms with E-state index in [9.17, 15) is 0 Å². The molecule has 5 heteroatoms. The van der Waals surface area contributed by atoms with Gasteiger partial charge in [-0.25, -0.2) is 0 Å². The predicted octanol–water partition coefficient (Wildman–Crippen LogP) is 2.34. The van der Waals surface area contributed by atoms with Gasteiger partial charge in [0.25, 0.3) is 0 Å². The summed E-state index contributed by atoms with van der Waals surface area (Å²) in [6.07, 6.45) is 8.45. The first kappa shape index (κ1) is 14.8. The molecule has 0 amide bonds. The van der Waals surface area contributed by atoms with Crippen molar-refractivity contribution < 1.29 is 4.74 Å². The predicted molar refractivity (Wildman–Crippen MR) is 87.8 cm³/mol. The first-order valence-corrected chi connectivity index (χ1v) is 8.49. The average Bonchev–Trinajstić information content (AvgIpc) is 3.31. The van der Waals surface area contributed by atoms with Crippen molar-refractivity contribution in [3.05, 3.63) is 47.5 Å². The number of pyridine rings is 1. The summed E-state index contributed by atoms with van der Waals surface area (Å²) in [5.41, 5.74) is 4.00. The van der Waals surface area contributed by atoms with Gasteiger partial charge >= 0.3 is 0 Å². The second kappa shape index (κ2) is 6.42. The van der Waals surface area contributed by atoms with E-state index in [1.54, 1.807) is 0 Å². The van der Waals surface area contributed by atoms with Crippen LogP contribution in [-0.4, -0.2) is 39.4 Å². The van der Waals surface area contributed by atoms with Crippen LogP contribution in [-0.2, 0) is 24.9 Å². The van der Waals surface area contributed by atoms with Gasteiger partial charge < -0.3 is 4.74 Å². The van der Waals surface area contributed by atoms with Crippen molar-refractivity contribution in [1.82, 2.24) is 19.7 Å². The summed E-state index contributed by atoms with van der Waals surface area (Å²) in [5.74, 6) is 1.24. The van der Waals surface area contributed by atoms with Crippen LogP contribution in [0.3, 0.4) is 0 Å². The number of fused-ring (bicyclic) bond motifs is 1. The van der Waals surface area contributed by atoms with E-state index >= 15 is 0 Å². The molecule has 1 atom stereocenters. The Morgan fingerprint density at radius 3 is 2.83 bits per heavy atom. The Hall–Kier alpha value is -1.72. The third-order valence-electron chi connectivity index (χ3n) is 4.91. The lowest BCUT2D eigenvalue weighted by molar-refractivity contribution is 0.0885. The molecule has 2 aromatic heterocycles. The topological polar surface area (TPSA) is 43.2 Å². The average molecular weight is 312 g/mol. The van der Waals surface area contributed by atoms with Crippen molar-refractivity contribution >= 4 is 0 Å². The van der Waals surface area contributed by atoms with Crippen LogP contribution in [0.5, 0.6) is 0 Å². The normalized spacial score (nSPS) is 21.3. The molecule has 3 heterocycles. The maximum absolute atomic E-state index is 5.99. The molecule has 1 aliphatic carbocycles. The van der Waals surface area contributed by atoms with Crippen molar-refractivity contribution in [3.8, 4) is 0 Å². The van der Waals surface area contributed by atoms with Gasteiger partial charge in [0.1, 0.15) is 0 Å². The second-order valence-electron chi connectivity index (χ2n) is 6.87. The van der Waals surface area contributed by atoms with Gasteiger partial charge in [-0.05, 0) is 36.5 Å². The lowest BCUT2D eigenvalue weighted by Crippen LogP contribution is -2.35. The van der Waals surface area contributed by atoms with Gasteiger partial charge in [0.15, 0.2) is 0 Å². The van der Waals surface area contributed by atoms with Gasteiger partial charge in [0.2, 0.25) is 0 Å². The van der Waals surface area contributed by atoms with E-state index in [2.05, 4.69) is 27.1 Å². The van der Waals surface area contributed by atoms with Gasteiger partial charge in [-0.15, -0.1) is 0 Å². The summed E-state index contributed by atoms with van der Waals surface area (Å²) in [5, 5.41) is 4.47. The highest BCUT2D eigenvalue weighted by Crippen LogP contribution is 2.32. The Balaban J connectivity index is 1.46. The molecule has 0 N–H and O–H groups in total. The monoisotopic (exact) mass is 312 g/mol. The van der Waals surface area contributed by atoms with E-state index in [-0.39, 0.29) is 0 Å². The number of hydrogen-bond acceptors (Lipinski definition) is 4. The fourth-order valence-corrected chi connectivity index (χ4v) is 3.37. The molecule has 0 aromatic carbocycles. The molecule has 1 fully saturated rings. The first-order chi connectivity index (χ1) is 11.3. The summed E-state index contributed by atoms with van der Waals surface area (Å²) in [7, 11) is 2.04. The Morgan fingerprint density at radius 1 is 1.22 bits per heavy atom. The first-order valence-electron chi connectivity index (χ1n) is 8.49. The standard InChI is InChI=1S/C18H24N4O/c1-21-18-11-22(9-14-4-6-19-7-5-14)10-16(17(18)8-20-21)13-23-12-15-2-3-15/h4-8,15-16H,2-3,9-13H2,1H3. The molecule has 1 unspecified atom stereocenters. The van der Waals surface area contributed by atoms with Crippen LogP contribution in [0.4, 0.5) is 0 Å². The van der Waals surface area contributed by atoms with Gasteiger partial charge in [-0.3, -0.25) is 14.6 Å². The van der Waals surface area contributed by atoms with Crippen LogP contribution in [0.15, 0.2) is 30.7 Å². The smallest absolute Gasteiger partial charge is 0.0557 e. The molecule has 0 saturated heterocycles. The summed E-state index contributed by atoms with van der Waals surface area (Å²) in [4.78, 5) is 6.60. The minimum Gasteiger partial charge on any atom is -0.380 e. The fourth-order valence-electron chi connectivity index (χ4n) is 3.37. The SMILES string of the molecule is Cn1ncc2c1CN(Cc1ccncc1)CC2COCC1CC1. The van der Waals surface area contributed by atoms with Crippen LogP contribution in [0.25, 0.3) is 0 Å².